The van der Waals surface area contributed by atoms with Gasteiger partial charge in [-0.2, -0.15) is 5.10 Å². The van der Waals surface area contributed by atoms with Gasteiger partial charge in [0.05, 0.1) is 31.9 Å². The fourth-order valence-electron chi connectivity index (χ4n) is 4.87. The van der Waals surface area contributed by atoms with E-state index in [2.05, 4.69) is 11.0 Å². The Bertz CT molecular complexity index is 1690. The van der Waals surface area contributed by atoms with Crippen molar-refractivity contribution in [3.63, 3.8) is 0 Å². The number of carbonyl (C=O) groups is 1. The lowest BCUT2D eigenvalue weighted by Gasteiger charge is -2.26. The van der Waals surface area contributed by atoms with Gasteiger partial charge in [0.1, 0.15) is 5.60 Å². The maximum Gasteiger partial charge on any atom is 0.410 e. The van der Waals surface area contributed by atoms with E-state index in [0.717, 1.165) is 45.4 Å². The average Bonchev–Trinajstić information content (AvgIpc) is 3.50. The summed E-state index contributed by atoms with van der Waals surface area (Å²) in [7, 11) is -3.31. The summed E-state index contributed by atoms with van der Waals surface area (Å²) in [5.74, 6) is 0. The Morgan fingerprint density at radius 2 is 1.74 bits per heavy atom. The van der Waals surface area contributed by atoms with Crippen LogP contribution in [0.1, 0.15) is 32.9 Å². The number of para-hydroxylation sites is 1. The second kappa shape index (κ2) is 12.2. The third kappa shape index (κ3) is 7.23. The molecule has 0 aliphatic carbocycles. The highest BCUT2D eigenvalue weighted by Crippen LogP contribution is 2.37. The lowest BCUT2D eigenvalue weighted by molar-refractivity contribution is 0.0257. The predicted octanol–water partition coefficient (Wildman–Crippen LogP) is 6.77. The number of ether oxygens (including phenoxy) is 1. The zero-order chi connectivity index (χ0) is 30.1. The monoisotopic (exact) mass is 626 g/mol. The minimum atomic E-state index is -3.31. The first-order valence-electron chi connectivity index (χ1n) is 13.8. The van der Waals surface area contributed by atoms with Crippen LogP contribution in [0.5, 0.6) is 0 Å². The molecular formula is C31H35ClN4O4S2. The van der Waals surface area contributed by atoms with Gasteiger partial charge in [-0.05, 0) is 75.2 Å². The molecule has 0 radical (unpaired) electrons. The van der Waals surface area contributed by atoms with Crippen molar-refractivity contribution in [1.82, 2.24) is 19.6 Å². The van der Waals surface area contributed by atoms with Crippen molar-refractivity contribution in [2.24, 2.45) is 0 Å². The van der Waals surface area contributed by atoms with Crippen LogP contribution in [0, 0.1) is 0 Å². The predicted molar refractivity (Wildman–Crippen MR) is 168 cm³/mol. The molecule has 1 amide bonds. The van der Waals surface area contributed by atoms with Crippen molar-refractivity contribution in [3.05, 3.63) is 77.4 Å². The molecule has 0 N–H and O–H groups in total. The van der Waals surface area contributed by atoms with E-state index in [4.69, 9.17) is 21.4 Å². The summed E-state index contributed by atoms with van der Waals surface area (Å²) in [6, 6.07) is 20.7. The number of hydrogen-bond acceptors (Lipinski definition) is 7. The van der Waals surface area contributed by atoms with E-state index in [9.17, 15) is 13.2 Å². The van der Waals surface area contributed by atoms with Crippen molar-refractivity contribution in [1.29, 1.82) is 0 Å². The van der Waals surface area contributed by atoms with Crippen LogP contribution in [-0.2, 0) is 21.1 Å². The topological polar surface area (TPSA) is 84.7 Å². The van der Waals surface area contributed by atoms with Gasteiger partial charge in [-0.1, -0.05) is 35.9 Å². The fraction of sp³-hybridized carbons (Fsp3) is 0.355. The highest BCUT2D eigenvalue weighted by Gasteiger charge is 2.25. The maximum absolute atomic E-state index is 12.6. The Morgan fingerprint density at radius 3 is 2.48 bits per heavy atom. The Kier molecular flexibility index (Phi) is 8.80. The molecule has 11 heteroatoms. The molecule has 2 aromatic heterocycles. The van der Waals surface area contributed by atoms with E-state index in [1.807, 2.05) is 67.9 Å². The molecule has 5 rings (SSSR count). The summed E-state index contributed by atoms with van der Waals surface area (Å²) >= 11 is 8.19. The van der Waals surface area contributed by atoms with E-state index in [-0.39, 0.29) is 6.09 Å². The van der Waals surface area contributed by atoms with Crippen molar-refractivity contribution < 1.29 is 17.9 Å². The van der Waals surface area contributed by atoms with Crippen LogP contribution in [0.15, 0.2) is 71.6 Å². The highest BCUT2D eigenvalue weighted by molar-refractivity contribution is 7.90. The molecule has 1 fully saturated rings. The third-order valence-electron chi connectivity index (χ3n) is 6.87. The molecule has 1 aliphatic rings. The quantitative estimate of drug-likeness (QED) is 0.235. The normalized spacial score (nSPS) is 15.0. The van der Waals surface area contributed by atoms with Crippen molar-refractivity contribution in [2.45, 2.75) is 44.2 Å². The van der Waals surface area contributed by atoms with Crippen molar-refractivity contribution >= 4 is 38.9 Å². The highest BCUT2D eigenvalue weighted by atomic mass is 35.5. The molecule has 1 aliphatic heterocycles. The molecule has 0 spiro atoms. The lowest BCUT2D eigenvalue weighted by atomic mass is 10.2. The first-order valence-corrected chi connectivity index (χ1v) is 16.9. The molecule has 222 valence electrons. The van der Waals surface area contributed by atoms with Crippen LogP contribution in [0.2, 0.25) is 5.02 Å². The van der Waals surface area contributed by atoms with Crippen molar-refractivity contribution in [3.8, 4) is 26.7 Å². The molecule has 3 heterocycles. The number of benzene rings is 2. The number of thiophene rings is 1. The molecule has 42 heavy (non-hydrogen) atoms. The summed E-state index contributed by atoms with van der Waals surface area (Å²) in [6.45, 7) is 9.07. The van der Waals surface area contributed by atoms with Gasteiger partial charge in [-0.25, -0.2) is 17.9 Å². The van der Waals surface area contributed by atoms with Gasteiger partial charge >= 0.3 is 6.09 Å². The summed E-state index contributed by atoms with van der Waals surface area (Å²) < 4.78 is 31.7. The number of amides is 1. The zero-order valence-electron chi connectivity index (χ0n) is 24.2. The SMILES string of the molecule is CC(C)(C)OC(=O)N1CCCN(Cc2cc(-c3ccc(-c4cccc(S(C)(=O)=O)c4)s3)n(-c3ccccc3Cl)n2)CC1. The summed E-state index contributed by atoms with van der Waals surface area (Å²) in [5, 5.41) is 5.58. The first-order chi connectivity index (χ1) is 19.9. The van der Waals surface area contributed by atoms with Crippen LogP contribution >= 0.6 is 22.9 Å². The van der Waals surface area contributed by atoms with Crippen LogP contribution in [-0.4, -0.2) is 72.1 Å². The minimum Gasteiger partial charge on any atom is -0.444 e. The van der Waals surface area contributed by atoms with Crippen LogP contribution in [0.3, 0.4) is 0 Å². The summed E-state index contributed by atoms with van der Waals surface area (Å²) in [5.41, 5.74) is 2.89. The number of halogens is 1. The number of hydrogen-bond donors (Lipinski definition) is 0. The molecule has 2 aromatic carbocycles. The Hall–Kier alpha value is -3.18. The second-order valence-electron chi connectivity index (χ2n) is 11.4. The largest absolute Gasteiger partial charge is 0.444 e. The molecule has 0 bridgehead atoms. The summed E-state index contributed by atoms with van der Waals surface area (Å²) in [4.78, 5) is 19.0. The van der Waals surface area contributed by atoms with Gasteiger partial charge in [0, 0.05) is 43.9 Å². The lowest BCUT2D eigenvalue weighted by Crippen LogP contribution is -2.39. The van der Waals surface area contributed by atoms with E-state index < -0.39 is 15.4 Å². The second-order valence-corrected chi connectivity index (χ2v) is 15.0. The van der Waals surface area contributed by atoms with Gasteiger partial charge in [0.25, 0.3) is 0 Å². The standard InChI is InChI=1S/C31H35ClN4O4S2/c1-31(2,3)40-30(37)35-16-8-15-34(17-18-35)21-23-20-27(36(33-23)26-12-6-5-11-25(26)32)29-14-13-28(41-29)22-9-7-10-24(19-22)42(4,38)39/h5-7,9-14,19-20H,8,15-18,21H2,1-4H3. The van der Waals surface area contributed by atoms with E-state index in [0.29, 0.717) is 36.1 Å². The van der Waals surface area contributed by atoms with Gasteiger partial charge in [0.2, 0.25) is 0 Å². The Balaban J connectivity index is 1.42. The molecule has 1 saturated heterocycles. The van der Waals surface area contributed by atoms with Gasteiger partial charge < -0.3 is 9.64 Å². The van der Waals surface area contributed by atoms with E-state index in [1.54, 1.807) is 34.4 Å². The van der Waals surface area contributed by atoms with Gasteiger partial charge in [-0.3, -0.25) is 4.90 Å². The number of aromatic nitrogens is 2. The van der Waals surface area contributed by atoms with Crippen LogP contribution in [0.25, 0.3) is 26.7 Å². The number of nitrogens with zero attached hydrogens (tertiary/aromatic N) is 4. The van der Waals surface area contributed by atoms with Crippen LogP contribution < -0.4 is 0 Å². The number of sulfone groups is 1. The smallest absolute Gasteiger partial charge is 0.410 e. The molecular weight excluding hydrogens is 592 g/mol. The number of rotatable bonds is 6. The third-order valence-corrected chi connectivity index (χ3v) is 9.46. The molecule has 0 atom stereocenters. The average molecular weight is 627 g/mol. The molecule has 0 unspecified atom stereocenters. The Labute approximate surface area is 256 Å². The fourth-order valence-corrected chi connectivity index (χ4v) is 6.75. The zero-order valence-corrected chi connectivity index (χ0v) is 26.6. The van der Waals surface area contributed by atoms with E-state index >= 15 is 0 Å². The summed E-state index contributed by atoms with van der Waals surface area (Å²) in [6.07, 6.45) is 1.79. The molecule has 4 aromatic rings. The van der Waals surface area contributed by atoms with E-state index in [1.165, 1.54) is 6.26 Å². The van der Waals surface area contributed by atoms with Crippen LogP contribution in [0.4, 0.5) is 4.79 Å². The number of carbonyl (C=O) groups excluding carboxylic acids is 1. The molecule has 8 nitrogen and oxygen atoms in total. The maximum atomic E-state index is 12.6. The first kappa shape index (κ1) is 30.3. The molecule has 0 saturated carbocycles. The van der Waals surface area contributed by atoms with Crippen molar-refractivity contribution in [2.75, 3.05) is 32.4 Å². The van der Waals surface area contributed by atoms with Gasteiger partial charge in [-0.15, -0.1) is 11.3 Å². The minimum absolute atomic E-state index is 0.273. The Morgan fingerprint density at radius 1 is 0.976 bits per heavy atom. The van der Waals surface area contributed by atoms with Gasteiger partial charge in [0.15, 0.2) is 9.84 Å².